The van der Waals surface area contributed by atoms with E-state index in [1.165, 1.54) is 25.1 Å². The van der Waals surface area contributed by atoms with Gasteiger partial charge in [-0.05, 0) is 86.9 Å². The van der Waals surface area contributed by atoms with Gasteiger partial charge in [-0.15, -0.1) is 0 Å². The molecule has 22 heteroatoms. The van der Waals surface area contributed by atoms with Gasteiger partial charge in [0.25, 0.3) is 0 Å². The van der Waals surface area contributed by atoms with Crippen molar-refractivity contribution in [1.29, 1.82) is 0 Å². The van der Waals surface area contributed by atoms with Gasteiger partial charge in [0.1, 0.15) is 37.6 Å². The van der Waals surface area contributed by atoms with Crippen LogP contribution in [-0.4, -0.2) is 126 Å². The van der Waals surface area contributed by atoms with E-state index in [9.17, 15) is 48.2 Å². The first kappa shape index (κ1) is 51.9. The summed E-state index contributed by atoms with van der Waals surface area (Å²) in [7, 11) is 0. The Morgan fingerprint density at radius 3 is 2.52 bits per heavy atom. The minimum atomic E-state index is -2.48. The van der Waals surface area contributed by atoms with E-state index in [0.29, 0.717) is 12.8 Å². The molecule has 66 heavy (non-hydrogen) atoms. The largest absolute Gasteiger partial charge is 0.457 e. The molecule has 18 nitrogen and oxygen atoms in total. The van der Waals surface area contributed by atoms with E-state index < -0.39 is 149 Å². The first-order valence-corrected chi connectivity index (χ1v) is 22.5. The maximum atomic E-state index is 17.8. The number of nitrogens with two attached hydrogens (primary N) is 1. The highest BCUT2D eigenvalue weighted by atomic mass is 32.2. The molecule has 0 spiro atoms. The number of esters is 1. The molecule has 1 unspecified atom stereocenters. The van der Waals surface area contributed by atoms with Crippen LogP contribution >= 0.6 is 11.8 Å². The van der Waals surface area contributed by atoms with Gasteiger partial charge in [0.15, 0.2) is 17.1 Å². The van der Waals surface area contributed by atoms with E-state index in [4.69, 9.17) is 24.4 Å². The summed E-state index contributed by atoms with van der Waals surface area (Å²) in [4.78, 5) is 89.9. The number of furan rings is 1. The number of unbranched alkanes of at least 4 members (excludes halogenated alkanes) is 1. The van der Waals surface area contributed by atoms with E-state index in [1.54, 1.807) is 13.8 Å². The van der Waals surface area contributed by atoms with E-state index in [-0.39, 0.29) is 55.5 Å². The fourth-order valence-corrected chi connectivity index (χ4v) is 11.2. The summed E-state index contributed by atoms with van der Waals surface area (Å²) in [6.07, 6.45) is 1.78. The highest BCUT2D eigenvalue weighted by Crippen LogP contribution is 2.72. The van der Waals surface area contributed by atoms with E-state index in [1.807, 2.05) is 0 Å². The number of hydrogen-bond acceptors (Lipinski definition) is 15. The van der Waals surface area contributed by atoms with Crippen LogP contribution in [0.15, 0.2) is 53.2 Å². The molecule has 364 valence electrons. The number of alkyl carbamates (subject to hydrolysis) is 1. The molecule has 4 aliphatic rings. The van der Waals surface area contributed by atoms with Gasteiger partial charge in [0, 0.05) is 34.8 Å². The Bertz CT molecular complexity index is 2090. The van der Waals surface area contributed by atoms with Gasteiger partial charge in [-0.25, -0.2) is 22.8 Å². The van der Waals surface area contributed by atoms with Gasteiger partial charge >= 0.3 is 12.1 Å². The van der Waals surface area contributed by atoms with E-state index in [2.05, 4.69) is 27.8 Å². The van der Waals surface area contributed by atoms with Crippen LogP contribution in [0.25, 0.3) is 0 Å². The number of amides is 4. The van der Waals surface area contributed by atoms with Gasteiger partial charge < -0.3 is 55.8 Å². The number of ether oxygens (including phenoxy) is 3. The molecule has 1 aromatic heterocycles. The number of allylic oxidation sites excluding steroid dienone is 4. The van der Waals surface area contributed by atoms with E-state index >= 15 is 8.78 Å². The molecule has 4 aliphatic carbocycles. The Kier molecular flexibility index (Phi) is 17.1. The number of thioether (sulfide) groups is 1. The average molecular weight is 954 g/mol. The maximum Gasteiger partial charge on any atom is 0.407 e. The summed E-state index contributed by atoms with van der Waals surface area (Å²) in [5.41, 5.74) is -2.34. The minimum absolute atomic E-state index is 0.0128. The number of hydrogen-bond donors (Lipinski definition) is 7. The van der Waals surface area contributed by atoms with Crippen molar-refractivity contribution in [2.45, 2.75) is 102 Å². The molecule has 8 N–H and O–H groups in total. The third-order valence-electron chi connectivity index (χ3n) is 13.6. The Labute approximate surface area is 383 Å². The molecule has 5 rings (SSSR count). The lowest BCUT2D eigenvalue weighted by Gasteiger charge is -2.63. The third-order valence-corrected chi connectivity index (χ3v) is 14.2. The van der Waals surface area contributed by atoms with Crippen LogP contribution in [-0.2, 0) is 44.8 Å². The summed E-state index contributed by atoms with van der Waals surface area (Å²) in [5, 5.41) is 30.4. The molecule has 0 aliphatic heterocycles. The number of aliphatic hydroxyl groups excluding tert-OH is 2. The quantitative estimate of drug-likeness (QED) is 0.0404. The number of nitrogens with one attached hydrogen (secondary N) is 4. The fraction of sp³-hybridized carbons (Fsp3) is 0.614. The topological polar surface area (TPSA) is 275 Å². The standard InChI is InChI=1S/C44H58F3N5O13S/c1-5-12-63-40(61)49-11-7-6-8-31(52-37(58)32(19-53)51-35(56)18-48)36(57)50-23-62-20-25-14-33(64-21-25)38(59)65-44(39(60)66-22-45)24(2)13-27-28-16-30(46)29-15-26(54)9-10-41(29,3)43(28,47)34(55)17-42(27,44)4/h5,9-10,14-15,21,24,27-28,30-32,34,53,55H,1,6-8,11-13,16-20,22-23,48H2,2-4H3,(H,49,61)(H,50,57)(H,51,56)(H,52,58)/t24?,27-,28-,30-,31-,32-,34-,41-,42-,43-,44-/m0/s1. The lowest BCUT2D eigenvalue weighted by atomic mass is 9.44. The highest BCUT2D eigenvalue weighted by molar-refractivity contribution is 8.13. The van der Waals surface area contributed by atoms with Gasteiger partial charge in [0.05, 0.1) is 32.1 Å². The average Bonchev–Trinajstić information content (AvgIpc) is 3.84. The number of rotatable bonds is 21. The second-order valence-corrected chi connectivity index (χ2v) is 18.3. The molecule has 0 bridgehead atoms. The number of carbonyl (C=O) groups is 7. The lowest BCUT2D eigenvalue weighted by molar-refractivity contribution is -0.221. The third kappa shape index (κ3) is 10.1. The maximum absolute atomic E-state index is 17.8. The number of aliphatic hydroxyl groups is 2. The molecular formula is C44H58F3N5O13S. The lowest BCUT2D eigenvalue weighted by Crippen LogP contribution is -2.70. The summed E-state index contributed by atoms with van der Waals surface area (Å²) in [6.45, 7) is 6.34. The smallest absolute Gasteiger partial charge is 0.407 e. The second kappa shape index (κ2) is 21.7. The molecule has 0 saturated heterocycles. The van der Waals surface area contributed by atoms with Crippen LogP contribution in [0.3, 0.4) is 0 Å². The van der Waals surface area contributed by atoms with Crippen molar-refractivity contribution in [1.82, 2.24) is 21.3 Å². The van der Waals surface area contributed by atoms with Gasteiger partial charge in [-0.3, -0.25) is 24.0 Å². The molecule has 0 radical (unpaired) electrons. The van der Waals surface area contributed by atoms with E-state index in [0.717, 1.165) is 18.4 Å². The van der Waals surface area contributed by atoms with Crippen molar-refractivity contribution < 1.29 is 75.6 Å². The Balaban J connectivity index is 1.25. The zero-order chi connectivity index (χ0) is 48.6. The van der Waals surface area contributed by atoms with Crippen molar-refractivity contribution in [2.24, 2.45) is 34.3 Å². The van der Waals surface area contributed by atoms with Crippen LogP contribution < -0.4 is 27.0 Å². The number of fused-ring (bicyclic) bond motifs is 5. The SMILES string of the molecule is C=CCOC(=O)NCCCC[C@H](NC(=O)[C@H](CO)NC(=O)CN)C(=O)NCOCc1coc(C(=O)O[C@]2(C(=O)SCF)C(C)C[C@H]3[C@@H]4C[C@H](F)C5=CC(=O)C=C[C@]5(C)[C@@]4(F)[C@@H](O)C[C@@]32C)c1. The molecule has 1 aromatic rings. The van der Waals surface area contributed by atoms with Gasteiger partial charge in [-0.1, -0.05) is 32.6 Å². The summed E-state index contributed by atoms with van der Waals surface area (Å²) in [6, 6.07) is -2.53. The summed E-state index contributed by atoms with van der Waals surface area (Å²) >= 11 is 0.259. The van der Waals surface area contributed by atoms with Crippen molar-refractivity contribution in [3.8, 4) is 0 Å². The predicted molar refractivity (Wildman–Crippen MR) is 230 cm³/mol. The predicted octanol–water partition coefficient (Wildman–Crippen LogP) is 2.52. The van der Waals surface area contributed by atoms with Crippen LogP contribution in [0.1, 0.15) is 75.4 Å². The van der Waals surface area contributed by atoms with Gasteiger partial charge in [0.2, 0.25) is 28.6 Å². The van der Waals surface area contributed by atoms with Crippen molar-refractivity contribution in [3.05, 3.63) is 60.1 Å². The number of alkyl halides is 3. The summed E-state index contributed by atoms with van der Waals surface area (Å²) < 4.78 is 69.8. The summed E-state index contributed by atoms with van der Waals surface area (Å²) in [5.74, 6) is -7.22. The molecule has 3 fully saturated rings. The zero-order valence-corrected chi connectivity index (χ0v) is 37.7. The molecule has 3 saturated carbocycles. The monoisotopic (exact) mass is 953 g/mol. The molecule has 11 atom stereocenters. The molecule has 4 amide bonds. The van der Waals surface area contributed by atoms with Crippen LogP contribution in [0.2, 0.25) is 0 Å². The molecule has 0 aromatic carbocycles. The Morgan fingerprint density at radius 1 is 1.09 bits per heavy atom. The first-order chi connectivity index (χ1) is 31.3. The van der Waals surface area contributed by atoms with Crippen molar-refractivity contribution >= 4 is 52.4 Å². The van der Waals surface area contributed by atoms with Crippen molar-refractivity contribution in [2.75, 3.05) is 39.0 Å². The van der Waals surface area contributed by atoms with Crippen LogP contribution in [0.4, 0.5) is 18.0 Å². The molecular weight excluding hydrogens is 896 g/mol. The van der Waals surface area contributed by atoms with Crippen LogP contribution in [0, 0.1) is 28.6 Å². The first-order valence-electron chi connectivity index (χ1n) is 21.6. The number of ketones is 1. The second-order valence-electron chi connectivity index (χ2n) is 17.4. The van der Waals surface area contributed by atoms with Crippen molar-refractivity contribution in [3.63, 3.8) is 0 Å². The highest BCUT2D eigenvalue weighted by Gasteiger charge is 2.78. The van der Waals surface area contributed by atoms with Gasteiger partial charge in [-0.2, -0.15) is 0 Å². The van der Waals surface area contributed by atoms with Crippen LogP contribution in [0.5, 0.6) is 0 Å². The molecule has 1 heterocycles. The minimum Gasteiger partial charge on any atom is -0.457 e. The zero-order valence-electron chi connectivity index (χ0n) is 36.9. The number of carbonyl (C=O) groups excluding carboxylic acids is 7. The Hall–Kier alpha value is -5.03. The normalized spacial score (nSPS) is 30.6. The number of halogens is 3. The fourth-order valence-electron chi connectivity index (χ4n) is 10.4. The Morgan fingerprint density at radius 2 is 1.83 bits per heavy atom.